The highest BCUT2D eigenvalue weighted by Crippen LogP contribution is 2.49. The fourth-order valence-electron chi connectivity index (χ4n) is 7.71. The summed E-state index contributed by atoms with van der Waals surface area (Å²) in [7, 11) is -3.99. The molecule has 0 radical (unpaired) electrons. The van der Waals surface area contributed by atoms with Crippen molar-refractivity contribution in [3.63, 3.8) is 0 Å². The van der Waals surface area contributed by atoms with E-state index < -0.39 is 51.1 Å². The molecule has 3 fully saturated rings. The Balaban J connectivity index is 1.27. The number of anilines is 1. The number of nitrogens with two attached hydrogens (primary N) is 1. The minimum absolute atomic E-state index is 0.0671. The van der Waals surface area contributed by atoms with Crippen molar-refractivity contribution in [1.29, 1.82) is 0 Å². The van der Waals surface area contributed by atoms with E-state index in [0.717, 1.165) is 18.4 Å². The van der Waals surface area contributed by atoms with Crippen molar-refractivity contribution in [2.75, 3.05) is 31.6 Å². The number of ether oxygens (including phenoxy) is 2. The van der Waals surface area contributed by atoms with E-state index in [1.165, 1.54) is 12.1 Å². The zero-order chi connectivity index (χ0) is 37.3. The van der Waals surface area contributed by atoms with Crippen LogP contribution in [0.1, 0.15) is 69.9 Å². The largest absolute Gasteiger partial charge is 0.444 e. The first-order chi connectivity index (χ1) is 24.7. The highest BCUT2D eigenvalue weighted by Gasteiger charge is 2.60. The molecular formula is C39H48ClFN4O6S. The maximum atomic E-state index is 15.7. The van der Waals surface area contributed by atoms with Gasteiger partial charge in [0.25, 0.3) is 0 Å². The molecule has 1 saturated carbocycles. The Morgan fingerprint density at radius 1 is 1.04 bits per heavy atom. The summed E-state index contributed by atoms with van der Waals surface area (Å²) in [5, 5.41) is 3.49. The first kappa shape index (κ1) is 38.2. The normalized spacial score (nSPS) is 20.7. The van der Waals surface area contributed by atoms with Crippen molar-refractivity contribution in [3.8, 4) is 0 Å². The highest BCUT2D eigenvalue weighted by atomic mass is 35.5. The van der Waals surface area contributed by atoms with Crippen molar-refractivity contribution in [1.82, 2.24) is 9.21 Å². The molecule has 0 aromatic heterocycles. The third-order valence-electron chi connectivity index (χ3n) is 10.3. The molecular weight excluding hydrogens is 707 g/mol. The van der Waals surface area contributed by atoms with Gasteiger partial charge in [0.15, 0.2) is 0 Å². The van der Waals surface area contributed by atoms with Crippen molar-refractivity contribution >= 4 is 39.3 Å². The Bertz CT molecular complexity index is 1850. The standard InChI is InChI=1S/C39H48ClFN4O6S/c1-38(2,3)51-37(47)44-24-29(45(39(25-44)20-21-39)52(48,49)30-8-5-4-6-9-30)16-17-31-32(41)10-7-11-33(31)43-36(46)35(42)34(27-18-22-50-23-19-27)26-12-14-28(40)15-13-26/h4-15,27,29,34-35H,16-25,42H2,1-3H3,(H,43,46). The number of nitrogens with zero attached hydrogens (tertiary/aromatic N) is 2. The van der Waals surface area contributed by atoms with Crippen LogP contribution in [0.15, 0.2) is 77.7 Å². The topological polar surface area (TPSA) is 131 Å². The third-order valence-corrected chi connectivity index (χ3v) is 12.6. The monoisotopic (exact) mass is 754 g/mol. The maximum absolute atomic E-state index is 15.7. The zero-order valence-corrected chi connectivity index (χ0v) is 31.5. The zero-order valence-electron chi connectivity index (χ0n) is 29.9. The van der Waals surface area contributed by atoms with Crippen LogP contribution in [-0.4, -0.2) is 79.2 Å². The lowest BCUT2D eigenvalue weighted by atomic mass is 9.76. The van der Waals surface area contributed by atoms with Crippen LogP contribution in [-0.2, 0) is 30.7 Å². The summed E-state index contributed by atoms with van der Waals surface area (Å²) in [5.41, 5.74) is 6.58. The van der Waals surface area contributed by atoms with Gasteiger partial charge in [0.2, 0.25) is 15.9 Å². The van der Waals surface area contributed by atoms with Crippen LogP contribution in [0.4, 0.5) is 14.9 Å². The summed E-state index contributed by atoms with van der Waals surface area (Å²) >= 11 is 6.17. The second-order valence-corrected chi connectivity index (χ2v) is 17.5. The average Bonchev–Trinajstić information content (AvgIpc) is 3.87. The van der Waals surface area contributed by atoms with Gasteiger partial charge in [-0.25, -0.2) is 17.6 Å². The molecule has 1 aliphatic carbocycles. The molecule has 2 heterocycles. The van der Waals surface area contributed by atoms with E-state index in [4.69, 9.17) is 26.8 Å². The van der Waals surface area contributed by atoms with E-state index in [-0.39, 0.29) is 53.9 Å². The summed E-state index contributed by atoms with van der Waals surface area (Å²) < 4.78 is 57.1. The van der Waals surface area contributed by atoms with E-state index >= 15 is 4.39 Å². The fraction of sp³-hybridized carbons (Fsp3) is 0.487. The second-order valence-electron chi connectivity index (χ2n) is 15.2. The van der Waals surface area contributed by atoms with E-state index in [1.54, 1.807) is 78.5 Å². The lowest BCUT2D eigenvalue weighted by molar-refractivity contribution is -0.118. The number of hydrogen-bond acceptors (Lipinski definition) is 7. The van der Waals surface area contributed by atoms with Gasteiger partial charge >= 0.3 is 6.09 Å². The van der Waals surface area contributed by atoms with Gasteiger partial charge in [0, 0.05) is 54.5 Å². The van der Waals surface area contributed by atoms with Crippen LogP contribution in [0, 0.1) is 11.7 Å². The Kier molecular flexibility index (Phi) is 11.3. The number of carbonyl (C=O) groups excluding carboxylic acids is 2. The number of nitrogens with one attached hydrogen (secondary N) is 1. The second kappa shape index (κ2) is 15.4. The first-order valence-corrected chi connectivity index (χ1v) is 19.7. The Hall–Kier alpha value is -3.55. The molecule has 52 heavy (non-hydrogen) atoms. The molecule has 280 valence electrons. The molecule has 6 rings (SSSR count). The van der Waals surface area contributed by atoms with E-state index in [1.807, 2.05) is 12.1 Å². The molecule has 2 saturated heterocycles. The highest BCUT2D eigenvalue weighted by molar-refractivity contribution is 7.89. The smallest absolute Gasteiger partial charge is 0.410 e. The van der Waals surface area contributed by atoms with Crippen LogP contribution in [0.5, 0.6) is 0 Å². The predicted octanol–water partition coefficient (Wildman–Crippen LogP) is 6.73. The summed E-state index contributed by atoms with van der Waals surface area (Å²) in [5.74, 6) is -1.24. The lowest BCUT2D eigenvalue weighted by Crippen LogP contribution is -2.63. The fourth-order valence-corrected chi connectivity index (χ4v) is 9.88. The quantitative estimate of drug-likeness (QED) is 0.235. The minimum Gasteiger partial charge on any atom is -0.444 e. The van der Waals surface area contributed by atoms with E-state index in [0.29, 0.717) is 31.1 Å². The minimum atomic E-state index is -3.99. The number of amides is 2. The third kappa shape index (κ3) is 8.47. The van der Waals surface area contributed by atoms with E-state index in [2.05, 4.69) is 5.32 Å². The maximum Gasteiger partial charge on any atom is 0.410 e. The first-order valence-electron chi connectivity index (χ1n) is 17.9. The van der Waals surface area contributed by atoms with Gasteiger partial charge in [-0.1, -0.05) is 48.0 Å². The van der Waals surface area contributed by atoms with Gasteiger partial charge in [-0.05, 0) is 107 Å². The molecule has 3 aromatic carbocycles. The number of rotatable bonds is 10. The van der Waals surface area contributed by atoms with Gasteiger partial charge in [-0.2, -0.15) is 4.31 Å². The average molecular weight is 755 g/mol. The molecule has 3 N–H and O–H groups in total. The predicted molar refractivity (Wildman–Crippen MR) is 198 cm³/mol. The van der Waals surface area contributed by atoms with Crippen molar-refractivity contribution in [2.24, 2.45) is 11.7 Å². The van der Waals surface area contributed by atoms with Crippen LogP contribution in [0.2, 0.25) is 5.02 Å². The molecule has 1 spiro atoms. The van der Waals surface area contributed by atoms with Gasteiger partial charge in [0.05, 0.1) is 16.5 Å². The Labute approximate surface area is 310 Å². The number of piperazine rings is 1. The molecule has 3 unspecified atom stereocenters. The Morgan fingerprint density at radius 2 is 1.71 bits per heavy atom. The van der Waals surface area contributed by atoms with Crippen LogP contribution >= 0.6 is 11.6 Å². The Morgan fingerprint density at radius 3 is 2.35 bits per heavy atom. The molecule has 3 aromatic rings. The molecule has 0 bridgehead atoms. The number of carbonyl (C=O) groups is 2. The van der Waals surface area contributed by atoms with Crippen molar-refractivity contribution in [3.05, 3.63) is 94.8 Å². The van der Waals surface area contributed by atoms with Crippen LogP contribution in [0.25, 0.3) is 0 Å². The number of hydrogen-bond donors (Lipinski definition) is 2. The molecule has 3 atom stereocenters. The van der Waals surface area contributed by atoms with Gasteiger partial charge < -0.3 is 25.4 Å². The lowest BCUT2D eigenvalue weighted by Gasteiger charge is -2.46. The summed E-state index contributed by atoms with van der Waals surface area (Å²) in [6.45, 7) is 6.76. The van der Waals surface area contributed by atoms with Crippen molar-refractivity contribution in [2.45, 2.75) is 93.3 Å². The summed E-state index contributed by atoms with van der Waals surface area (Å²) in [6.07, 6.45) is 2.38. The summed E-state index contributed by atoms with van der Waals surface area (Å²) in [4.78, 5) is 29.0. The van der Waals surface area contributed by atoms with Gasteiger partial charge in [0.1, 0.15) is 11.4 Å². The summed E-state index contributed by atoms with van der Waals surface area (Å²) in [6, 6.07) is 18.4. The molecule has 2 amide bonds. The van der Waals surface area contributed by atoms with Gasteiger partial charge in [-0.15, -0.1) is 0 Å². The van der Waals surface area contributed by atoms with Crippen LogP contribution < -0.4 is 11.1 Å². The SMILES string of the molecule is CC(C)(C)OC(=O)N1CC(CCc2c(F)cccc2NC(=O)C(N)C(c2ccc(Cl)cc2)C2CCOCC2)N(S(=O)(=O)c2ccccc2)C2(CC2)C1. The molecule has 2 aliphatic heterocycles. The molecule has 10 nitrogen and oxygen atoms in total. The van der Waals surface area contributed by atoms with Crippen molar-refractivity contribution < 1.29 is 31.9 Å². The van der Waals surface area contributed by atoms with E-state index in [9.17, 15) is 18.0 Å². The molecule has 3 aliphatic rings. The molecule has 13 heteroatoms. The number of halogens is 2. The van der Waals surface area contributed by atoms with Gasteiger partial charge in [-0.3, -0.25) is 4.79 Å². The van der Waals surface area contributed by atoms with Crippen LogP contribution in [0.3, 0.4) is 0 Å². The number of benzene rings is 3. The number of sulfonamides is 1.